The van der Waals surface area contributed by atoms with Crippen molar-refractivity contribution in [1.82, 2.24) is 20.1 Å². The number of allylic oxidation sites excluding steroid dienone is 1. The highest BCUT2D eigenvalue weighted by Gasteiger charge is 2.48. The topological polar surface area (TPSA) is 152 Å². The molecule has 3 aromatic rings. The molecule has 14 heteroatoms. The number of hydrogen-bond donors (Lipinski definition) is 3. The van der Waals surface area contributed by atoms with Gasteiger partial charge in [0.1, 0.15) is 19.0 Å². The lowest BCUT2D eigenvalue weighted by Crippen LogP contribution is -2.44. The molecule has 3 N–H and O–H groups in total. The van der Waals surface area contributed by atoms with Gasteiger partial charge in [-0.05, 0) is 125 Å². The van der Waals surface area contributed by atoms with E-state index in [-0.39, 0.29) is 17.2 Å². The van der Waals surface area contributed by atoms with Gasteiger partial charge >= 0.3 is 0 Å². The van der Waals surface area contributed by atoms with Crippen molar-refractivity contribution in [3.05, 3.63) is 94.9 Å². The first kappa shape index (κ1) is 45.1. The van der Waals surface area contributed by atoms with Gasteiger partial charge in [-0.15, -0.1) is 0 Å². The minimum atomic E-state index is -0.415. The van der Waals surface area contributed by atoms with Crippen molar-refractivity contribution >= 4 is 65.6 Å². The van der Waals surface area contributed by atoms with Crippen molar-refractivity contribution in [2.45, 2.75) is 82.6 Å². The maximum atomic E-state index is 13.5. The van der Waals surface area contributed by atoms with Crippen molar-refractivity contribution in [3.8, 4) is 0 Å². The molecule has 3 saturated heterocycles. The number of benzene rings is 2. The summed E-state index contributed by atoms with van der Waals surface area (Å²) in [5.74, 6) is 1.23. The first-order chi connectivity index (χ1) is 29.7. The van der Waals surface area contributed by atoms with Crippen molar-refractivity contribution < 1.29 is 19.2 Å². The molecule has 4 fully saturated rings. The molecule has 1 unspecified atom stereocenters. The summed E-state index contributed by atoms with van der Waals surface area (Å²) < 4.78 is 0. The van der Waals surface area contributed by atoms with Gasteiger partial charge in [0.2, 0.25) is 18.2 Å². The van der Waals surface area contributed by atoms with E-state index in [0.29, 0.717) is 42.1 Å². The minimum absolute atomic E-state index is 0.123. The number of nitrogens with one attached hydrogen (secondary N) is 3. The van der Waals surface area contributed by atoms with Crippen LogP contribution >= 0.6 is 11.6 Å². The van der Waals surface area contributed by atoms with Gasteiger partial charge < -0.3 is 35.4 Å². The summed E-state index contributed by atoms with van der Waals surface area (Å²) >= 11 is 6.54. The fourth-order valence-electron chi connectivity index (χ4n) is 8.58. The first-order valence-electron chi connectivity index (χ1n) is 21.6. The monoisotopic (exact) mass is 849 g/mol. The Morgan fingerprint density at radius 3 is 2.33 bits per heavy atom. The number of aldehydes is 1. The Bertz CT molecular complexity index is 2040. The Hall–Kier alpha value is -5.40. The molecule has 1 atom stereocenters. The Kier molecular flexibility index (Phi) is 16.2. The largest absolute Gasteiger partial charge is 0.374 e. The van der Waals surface area contributed by atoms with Crippen LogP contribution in [0, 0.1) is 5.41 Å². The van der Waals surface area contributed by atoms with Gasteiger partial charge in [0.25, 0.3) is 0 Å². The third kappa shape index (κ3) is 11.9. The molecule has 4 heterocycles. The summed E-state index contributed by atoms with van der Waals surface area (Å²) in [5.41, 5.74) is 6.50. The average Bonchev–Trinajstić information content (AvgIpc) is 4.11. The zero-order valence-corrected chi connectivity index (χ0v) is 36.3. The second kappa shape index (κ2) is 21.9. The van der Waals surface area contributed by atoms with E-state index in [1.807, 2.05) is 34.1 Å². The predicted molar refractivity (Wildman–Crippen MR) is 245 cm³/mol. The SMILES string of the molecule is C=N/C=C(Cl)\C(=N/CNc1cncc(N2CCC3(CCN(CC)CC3)C2=O)c1)c1cccc(C2CC2)c1.CNC(=O)C(CCC=O)Nc1ccc(C2CCN(C=O)CC2)cc1. The Morgan fingerprint density at radius 2 is 1.67 bits per heavy atom. The van der Waals surface area contributed by atoms with Gasteiger partial charge in [0, 0.05) is 50.6 Å². The van der Waals surface area contributed by atoms with E-state index >= 15 is 0 Å². The summed E-state index contributed by atoms with van der Waals surface area (Å²) in [6, 6.07) is 18.1. The number of anilines is 3. The molecule has 1 saturated carbocycles. The van der Waals surface area contributed by atoms with E-state index in [2.05, 4.69) is 74.8 Å². The summed E-state index contributed by atoms with van der Waals surface area (Å²) in [6.45, 7) is 11.4. The zero-order valence-electron chi connectivity index (χ0n) is 35.5. The molecular weight excluding hydrogens is 790 g/mol. The van der Waals surface area contributed by atoms with Crippen molar-refractivity contribution in [2.24, 2.45) is 15.4 Å². The second-order valence-corrected chi connectivity index (χ2v) is 16.8. The second-order valence-electron chi connectivity index (χ2n) is 16.3. The molecule has 1 aliphatic carbocycles. The maximum absolute atomic E-state index is 13.5. The number of aliphatic imine (C=N–C) groups is 2. The standard InChI is InChI=1S/C29H35ClN6O.C18H25N3O3/c1-3-35-12-9-29(10-13-35)11-14-36(28(29)37)25-16-24(17-32-18-25)33-20-34-27(26(30)19-31-2)23-6-4-5-22(15-23)21-7-8-21;1-19-18(24)17(3-2-12-22)20-16-6-4-14(5-7-16)15-8-10-21(13-23)11-9-15/h4-6,15-19,21,33H,2-3,7-14,20H2,1H3;4-7,12-13,15,17,20H,2-3,8-11H2,1H3,(H,19,24)/b26-19+,34-27-;. The number of halogens is 1. The van der Waals surface area contributed by atoms with E-state index < -0.39 is 6.04 Å². The molecule has 7 rings (SSSR count). The molecule has 2 aromatic carbocycles. The van der Waals surface area contributed by atoms with Crippen LogP contribution in [-0.2, 0) is 19.2 Å². The van der Waals surface area contributed by atoms with Crippen LogP contribution in [0.2, 0.25) is 0 Å². The van der Waals surface area contributed by atoms with Crippen LogP contribution in [-0.4, -0.2) is 111 Å². The van der Waals surface area contributed by atoms with E-state index in [4.69, 9.17) is 16.6 Å². The smallest absolute Gasteiger partial charge is 0.242 e. The fraction of sp³-hybridized carbons (Fsp3) is 0.468. The maximum Gasteiger partial charge on any atom is 0.242 e. The summed E-state index contributed by atoms with van der Waals surface area (Å²) in [7, 11) is 1.59. The number of likely N-dealkylation sites (tertiary alicyclic amines) is 2. The number of likely N-dealkylation sites (N-methyl/N-ethyl adjacent to an activating group) is 1. The van der Waals surface area contributed by atoms with Crippen molar-refractivity contribution in [2.75, 3.05) is 68.5 Å². The lowest BCUT2D eigenvalue weighted by molar-refractivity contribution is -0.128. The van der Waals surface area contributed by atoms with Gasteiger partial charge in [0.15, 0.2) is 0 Å². The van der Waals surface area contributed by atoms with Crippen LogP contribution in [0.15, 0.2) is 88.2 Å². The van der Waals surface area contributed by atoms with Crippen molar-refractivity contribution in [3.63, 3.8) is 0 Å². The number of rotatable bonds is 17. The molecule has 13 nitrogen and oxygen atoms in total. The lowest BCUT2D eigenvalue weighted by atomic mass is 9.77. The molecule has 4 aliphatic rings. The third-order valence-corrected chi connectivity index (χ3v) is 12.8. The third-order valence-electron chi connectivity index (χ3n) is 12.5. The molecule has 0 bridgehead atoms. The Balaban J connectivity index is 0.000000225. The molecule has 0 radical (unpaired) electrons. The lowest BCUT2D eigenvalue weighted by Gasteiger charge is -2.37. The van der Waals surface area contributed by atoms with E-state index in [0.717, 1.165) is 107 Å². The molecular formula is C47H60ClN9O4. The summed E-state index contributed by atoms with van der Waals surface area (Å²) in [6.07, 6.45) is 14.8. The molecule has 3 aliphatic heterocycles. The van der Waals surface area contributed by atoms with Crippen LogP contribution in [0.4, 0.5) is 17.1 Å². The summed E-state index contributed by atoms with van der Waals surface area (Å²) in [5, 5.41) is 9.57. The van der Waals surface area contributed by atoms with Gasteiger partial charge in [-0.2, -0.15) is 0 Å². The van der Waals surface area contributed by atoms with Gasteiger partial charge in [0.05, 0.1) is 39.9 Å². The zero-order chi connectivity index (χ0) is 43.2. The van der Waals surface area contributed by atoms with Gasteiger partial charge in [-0.3, -0.25) is 29.4 Å². The average molecular weight is 851 g/mol. The molecule has 1 aromatic heterocycles. The van der Waals surface area contributed by atoms with E-state index in [1.165, 1.54) is 30.2 Å². The van der Waals surface area contributed by atoms with Crippen LogP contribution in [0.3, 0.4) is 0 Å². The highest BCUT2D eigenvalue weighted by atomic mass is 35.5. The highest BCUT2D eigenvalue weighted by molar-refractivity contribution is 6.46. The number of amides is 3. The number of hydrogen-bond acceptors (Lipinski definition) is 10. The number of carbonyl (C=O) groups excluding carboxylic acids is 4. The van der Waals surface area contributed by atoms with Crippen LogP contribution in [0.1, 0.15) is 93.2 Å². The van der Waals surface area contributed by atoms with Crippen LogP contribution < -0.4 is 20.9 Å². The molecule has 1 spiro atoms. The Morgan fingerprint density at radius 1 is 0.951 bits per heavy atom. The normalized spacial score (nSPS) is 18.8. The molecule has 61 heavy (non-hydrogen) atoms. The van der Waals surface area contributed by atoms with Crippen LogP contribution in [0.25, 0.3) is 0 Å². The quantitative estimate of drug-likeness (QED) is 0.0975. The van der Waals surface area contributed by atoms with Crippen molar-refractivity contribution in [1.29, 1.82) is 0 Å². The Labute approximate surface area is 365 Å². The number of piperidine rings is 2. The number of pyridine rings is 1. The van der Waals surface area contributed by atoms with Crippen LogP contribution in [0.5, 0.6) is 0 Å². The number of carbonyl (C=O) groups is 4. The van der Waals surface area contributed by atoms with Gasteiger partial charge in [-0.1, -0.05) is 48.9 Å². The molecule has 3 amide bonds. The van der Waals surface area contributed by atoms with Gasteiger partial charge in [-0.25, -0.2) is 0 Å². The highest BCUT2D eigenvalue weighted by Crippen LogP contribution is 2.43. The number of nitrogens with zero attached hydrogens (tertiary/aromatic N) is 6. The fourth-order valence-corrected chi connectivity index (χ4v) is 8.82. The summed E-state index contributed by atoms with van der Waals surface area (Å²) in [4.78, 5) is 65.8. The van der Waals surface area contributed by atoms with E-state index in [9.17, 15) is 19.2 Å². The number of aromatic nitrogens is 1. The molecule has 324 valence electrons. The first-order valence-corrected chi connectivity index (χ1v) is 22.0. The predicted octanol–water partition coefficient (Wildman–Crippen LogP) is 6.97. The minimum Gasteiger partial charge on any atom is -0.374 e. The van der Waals surface area contributed by atoms with E-state index in [1.54, 1.807) is 19.4 Å².